The molecule has 0 radical (unpaired) electrons. The Bertz CT molecular complexity index is 1400. The monoisotopic (exact) mass is 569 g/mol. The number of halogens is 5. The smallest absolute Gasteiger partial charge is 0.370 e. The molecule has 2 aromatic carbocycles. The Hall–Kier alpha value is -3.32. The van der Waals surface area contributed by atoms with E-state index < -0.39 is 43.8 Å². The van der Waals surface area contributed by atoms with E-state index >= 15 is 8.78 Å². The molecule has 4 rings (SSSR count). The number of piperidine rings is 1. The molecule has 2 heterocycles. The van der Waals surface area contributed by atoms with E-state index in [9.17, 15) is 21.6 Å². The summed E-state index contributed by atoms with van der Waals surface area (Å²) in [6.45, 7) is 0.826. The van der Waals surface area contributed by atoms with Crippen molar-refractivity contribution in [1.82, 2.24) is 14.9 Å². The van der Waals surface area contributed by atoms with Crippen LogP contribution >= 0.6 is 0 Å². The summed E-state index contributed by atoms with van der Waals surface area (Å²) in [6, 6.07) is 8.42. The highest BCUT2D eigenvalue weighted by Gasteiger charge is 2.38. The lowest BCUT2D eigenvalue weighted by atomic mass is 9.82. The molecular formula is C26H28F5N5O2S. The Morgan fingerprint density at radius 3 is 2.44 bits per heavy atom. The standard InChI is InChI=1S/C26H28F5N5O2S/c1-35(2)25(10-7-18-5-3-6-19(13-18)26(29,30)31)9-4-12-36(16-25)20-14-21(27)24(22(28)15-20)39(37,38)34-23-8-11-32-17-33-23/h3,5-6,8,11,13-15,17H,4,7,9-10,12,16H2,1-2H3,(H,32,33,34)/t25-/m1/s1. The zero-order valence-corrected chi connectivity index (χ0v) is 22.2. The van der Waals surface area contributed by atoms with Gasteiger partial charge >= 0.3 is 6.18 Å². The van der Waals surface area contributed by atoms with Gasteiger partial charge in [-0.1, -0.05) is 18.2 Å². The number of nitrogens with one attached hydrogen (secondary N) is 1. The minimum atomic E-state index is -4.61. The van der Waals surface area contributed by atoms with Crippen molar-refractivity contribution in [3.63, 3.8) is 0 Å². The number of benzene rings is 2. The van der Waals surface area contributed by atoms with Gasteiger partial charge in [-0.2, -0.15) is 13.2 Å². The molecule has 1 aliphatic rings. The summed E-state index contributed by atoms with van der Waals surface area (Å²) in [4.78, 5) is 10.0. The number of anilines is 2. The lowest BCUT2D eigenvalue weighted by Gasteiger charge is -2.48. The van der Waals surface area contributed by atoms with Crippen molar-refractivity contribution in [2.24, 2.45) is 0 Å². The Kier molecular flexibility index (Phi) is 8.12. The van der Waals surface area contributed by atoms with Crippen LogP contribution in [0.5, 0.6) is 0 Å². The van der Waals surface area contributed by atoms with Crippen molar-refractivity contribution in [2.45, 2.75) is 42.3 Å². The summed E-state index contributed by atoms with van der Waals surface area (Å²) in [5, 5.41) is 0. The maximum Gasteiger partial charge on any atom is 0.416 e. The van der Waals surface area contributed by atoms with E-state index in [1.54, 1.807) is 11.0 Å². The van der Waals surface area contributed by atoms with E-state index in [4.69, 9.17) is 0 Å². The van der Waals surface area contributed by atoms with Gasteiger partial charge in [-0.3, -0.25) is 4.72 Å². The molecular weight excluding hydrogens is 541 g/mol. The molecule has 39 heavy (non-hydrogen) atoms. The van der Waals surface area contributed by atoms with Crippen LogP contribution in [0.25, 0.3) is 0 Å². The Labute approximate surface area is 223 Å². The molecule has 0 saturated carbocycles. The van der Waals surface area contributed by atoms with Gasteiger partial charge in [0.1, 0.15) is 23.8 Å². The van der Waals surface area contributed by atoms with Gasteiger partial charge in [0.15, 0.2) is 4.90 Å². The summed E-state index contributed by atoms with van der Waals surface area (Å²) in [5.41, 5.74) is -0.472. The quantitative estimate of drug-likeness (QED) is 0.380. The first-order valence-electron chi connectivity index (χ1n) is 12.2. The number of aromatic nitrogens is 2. The molecule has 0 unspecified atom stereocenters. The molecule has 1 aliphatic heterocycles. The van der Waals surface area contributed by atoms with Crippen molar-refractivity contribution in [2.75, 3.05) is 36.8 Å². The Balaban J connectivity index is 1.56. The zero-order chi connectivity index (χ0) is 28.4. The number of alkyl halides is 3. The SMILES string of the molecule is CN(C)[C@@]1(CCc2cccc(C(F)(F)F)c2)CCCN(c2cc(F)c(S(=O)(=O)Nc3ccncn3)c(F)c2)C1. The Morgan fingerprint density at radius 2 is 1.82 bits per heavy atom. The van der Waals surface area contributed by atoms with Gasteiger partial charge in [-0.05, 0) is 69.6 Å². The van der Waals surface area contributed by atoms with Crippen LogP contribution < -0.4 is 9.62 Å². The van der Waals surface area contributed by atoms with Crippen LogP contribution in [0, 0.1) is 11.6 Å². The second kappa shape index (κ2) is 11.0. The highest BCUT2D eigenvalue weighted by atomic mass is 32.2. The molecule has 0 aliphatic carbocycles. The molecule has 13 heteroatoms. The summed E-state index contributed by atoms with van der Waals surface area (Å²) < 4.78 is 97.1. The van der Waals surface area contributed by atoms with Gasteiger partial charge in [-0.15, -0.1) is 0 Å². The second-order valence-corrected chi connectivity index (χ2v) is 11.4. The number of hydrogen-bond donors (Lipinski definition) is 1. The fraction of sp³-hybridized carbons (Fsp3) is 0.385. The van der Waals surface area contributed by atoms with Crippen molar-refractivity contribution in [3.05, 3.63) is 77.8 Å². The molecule has 0 spiro atoms. The molecule has 1 aromatic heterocycles. The van der Waals surface area contributed by atoms with Crippen LogP contribution in [-0.2, 0) is 22.6 Å². The number of aryl methyl sites for hydroxylation is 1. The summed E-state index contributed by atoms with van der Waals surface area (Å²) in [5.74, 6) is -2.64. The third-order valence-electron chi connectivity index (χ3n) is 7.08. The fourth-order valence-electron chi connectivity index (χ4n) is 4.93. The van der Waals surface area contributed by atoms with Crippen LogP contribution in [-0.4, -0.2) is 56.0 Å². The molecule has 1 fully saturated rings. The average molecular weight is 570 g/mol. The highest BCUT2D eigenvalue weighted by molar-refractivity contribution is 7.92. The lowest BCUT2D eigenvalue weighted by Crippen LogP contribution is -2.56. The molecule has 0 bridgehead atoms. The maximum absolute atomic E-state index is 15.1. The minimum absolute atomic E-state index is 0.138. The normalized spacial score (nSPS) is 18.4. The zero-order valence-electron chi connectivity index (χ0n) is 21.3. The molecule has 1 saturated heterocycles. The van der Waals surface area contributed by atoms with E-state index in [1.165, 1.54) is 18.3 Å². The number of nitrogens with zero attached hydrogens (tertiary/aromatic N) is 4. The Morgan fingerprint density at radius 1 is 1.10 bits per heavy atom. The second-order valence-electron chi connectivity index (χ2n) is 9.78. The molecule has 1 atom stereocenters. The van der Waals surface area contributed by atoms with E-state index in [1.807, 2.05) is 23.7 Å². The molecule has 1 N–H and O–H groups in total. The molecule has 7 nitrogen and oxygen atoms in total. The third kappa shape index (κ3) is 6.47. The largest absolute Gasteiger partial charge is 0.416 e. The predicted molar refractivity (Wildman–Crippen MR) is 137 cm³/mol. The van der Waals surface area contributed by atoms with Gasteiger partial charge in [0.2, 0.25) is 0 Å². The van der Waals surface area contributed by atoms with Crippen molar-refractivity contribution >= 4 is 21.5 Å². The van der Waals surface area contributed by atoms with Gasteiger partial charge in [0.25, 0.3) is 10.0 Å². The van der Waals surface area contributed by atoms with Gasteiger partial charge < -0.3 is 9.80 Å². The lowest BCUT2D eigenvalue weighted by molar-refractivity contribution is -0.137. The first-order chi connectivity index (χ1) is 18.3. The van der Waals surface area contributed by atoms with Crippen LogP contribution in [0.15, 0.2) is 59.9 Å². The molecule has 210 valence electrons. The third-order valence-corrected chi connectivity index (χ3v) is 8.48. The maximum atomic E-state index is 15.1. The van der Waals surface area contributed by atoms with Gasteiger partial charge in [-0.25, -0.2) is 27.2 Å². The van der Waals surface area contributed by atoms with Gasteiger partial charge in [0, 0.05) is 30.5 Å². The predicted octanol–water partition coefficient (Wildman–Crippen LogP) is 5.11. The van der Waals surface area contributed by atoms with Crippen molar-refractivity contribution in [3.8, 4) is 0 Å². The molecule has 3 aromatic rings. The number of hydrogen-bond acceptors (Lipinski definition) is 6. The van der Waals surface area contributed by atoms with Crippen LogP contribution in [0.4, 0.5) is 33.5 Å². The first kappa shape index (κ1) is 28.7. The minimum Gasteiger partial charge on any atom is -0.370 e. The summed E-state index contributed by atoms with van der Waals surface area (Å²) >= 11 is 0. The van der Waals surface area contributed by atoms with E-state index in [0.29, 0.717) is 37.9 Å². The van der Waals surface area contributed by atoms with Crippen LogP contribution in [0.2, 0.25) is 0 Å². The van der Waals surface area contributed by atoms with Crippen molar-refractivity contribution in [1.29, 1.82) is 0 Å². The number of likely N-dealkylation sites (N-methyl/N-ethyl adjacent to an activating group) is 1. The number of sulfonamides is 1. The topological polar surface area (TPSA) is 78.4 Å². The van der Waals surface area contributed by atoms with Crippen LogP contribution in [0.1, 0.15) is 30.4 Å². The fourth-order valence-corrected chi connectivity index (χ4v) is 6.06. The highest BCUT2D eigenvalue weighted by Crippen LogP contribution is 2.36. The first-order valence-corrected chi connectivity index (χ1v) is 13.7. The van der Waals surface area contributed by atoms with E-state index in [0.717, 1.165) is 37.0 Å². The molecule has 0 amide bonds. The van der Waals surface area contributed by atoms with Gasteiger partial charge in [0.05, 0.1) is 5.56 Å². The summed E-state index contributed by atoms with van der Waals surface area (Å²) in [7, 11) is -0.876. The number of rotatable bonds is 8. The van der Waals surface area contributed by atoms with E-state index in [-0.39, 0.29) is 11.5 Å². The van der Waals surface area contributed by atoms with Crippen molar-refractivity contribution < 1.29 is 30.4 Å². The van der Waals surface area contributed by atoms with E-state index in [2.05, 4.69) is 9.97 Å². The summed E-state index contributed by atoms with van der Waals surface area (Å²) in [6.07, 6.45) is 0.224. The van der Waals surface area contributed by atoms with Crippen LogP contribution in [0.3, 0.4) is 0 Å². The average Bonchev–Trinajstić information content (AvgIpc) is 2.87.